The zero-order valence-corrected chi connectivity index (χ0v) is 19.2. The van der Waals surface area contributed by atoms with E-state index >= 15 is 0 Å². The quantitative estimate of drug-likeness (QED) is 0.449. The second-order valence-corrected chi connectivity index (χ2v) is 10.1. The molecule has 2 aromatic carbocycles. The molecule has 0 unspecified atom stereocenters. The Hall–Kier alpha value is -3.00. The standard InChI is InChI=1S/C24H22ClN3O3S/c1-16-5-6-17(2)23-22(16)12-19(24(29)27-23)15-28(14-18-4-3-11-26-13-18)32(30,31)21-9-7-20(25)8-10-21/h3-13H,14-15H2,1-2H3,(H,27,29). The average Bonchev–Trinajstić information content (AvgIpc) is 2.78. The van der Waals surface area contributed by atoms with Crippen LogP contribution in [0.1, 0.15) is 22.3 Å². The third-order valence-corrected chi connectivity index (χ3v) is 7.46. The molecule has 164 valence electrons. The van der Waals surface area contributed by atoms with Gasteiger partial charge in [-0.15, -0.1) is 0 Å². The van der Waals surface area contributed by atoms with Gasteiger partial charge in [0.2, 0.25) is 10.0 Å². The number of halogens is 1. The summed E-state index contributed by atoms with van der Waals surface area (Å²) in [5.74, 6) is 0. The van der Waals surface area contributed by atoms with Crippen molar-refractivity contribution < 1.29 is 8.42 Å². The summed E-state index contributed by atoms with van der Waals surface area (Å²) in [4.78, 5) is 20.0. The maximum Gasteiger partial charge on any atom is 0.252 e. The molecule has 0 amide bonds. The van der Waals surface area contributed by atoms with Gasteiger partial charge in [-0.1, -0.05) is 29.8 Å². The Morgan fingerprint density at radius 2 is 1.72 bits per heavy atom. The van der Waals surface area contributed by atoms with Crippen LogP contribution in [0.4, 0.5) is 0 Å². The lowest BCUT2D eigenvalue weighted by atomic mass is 10.0. The van der Waals surface area contributed by atoms with E-state index in [0.29, 0.717) is 16.1 Å². The van der Waals surface area contributed by atoms with E-state index in [9.17, 15) is 13.2 Å². The number of aromatic amines is 1. The molecule has 2 heterocycles. The van der Waals surface area contributed by atoms with Crippen LogP contribution in [-0.4, -0.2) is 22.7 Å². The molecule has 4 aromatic rings. The Bertz CT molecular complexity index is 1430. The summed E-state index contributed by atoms with van der Waals surface area (Å²) >= 11 is 5.94. The van der Waals surface area contributed by atoms with Crippen LogP contribution in [0.5, 0.6) is 0 Å². The molecule has 0 aliphatic rings. The number of H-pyrrole nitrogens is 1. The number of benzene rings is 2. The van der Waals surface area contributed by atoms with E-state index < -0.39 is 10.0 Å². The summed E-state index contributed by atoms with van der Waals surface area (Å²) in [7, 11) is -3.91. The molecule has 1 N–H and O–H groups in total. The first-order valence-electron chi connectivity index (χ1n) is 10.0. The van der Waals surface area contributed by atoms with Crippen LogP contribution in [0.15, 0.2) is 76.7 Å². The molecule has 6 nitrogen and oxygen atoms in total. The van der Waals surface area contributed by atoms with Crippen molar-refractivity contribution in [3.63, 3.8) is 0 Å². The molecule has 8 heteroatoms. The number of hydrogen-bond donors (Lipinski definition) is 1. The number of hydrogen-bond acceptors (Lipinski definition) is 4. The van der Waals surface area contributed by atoms with E-state index in [1.165, 1.54) is 28.6 Å². The third-order valence-electron chi connectivity index (χ3n) is 5.40. The van der Waals surface area contributed by atoms with Gasteiger partial charge in [-0.25, -0.2) is 8.42 Å². The highest BCUT2D eigenvalue weighted by Gasteiger charge is 2.26. The fourth-order valence-electron chi connectivity index (χ4n) is 3.60. The lowest BCUT2D eigenvalue weighted by Crippen LogP contribution is -2.32. The molecule has 0 fully saturated rings. The summed E-state index contributed by atoms with van der Waals surface area (Å²) in [6.45, 7) is 3.88. The van der Waals surface area contributed by atoms with E-state index in [0.717, 1.165) is 22.0 Å². The van der Waals surface area contributed by atoms with Crippen molar-refractivity contribution in [1.29, 1.82) is 0 Å². The fourth-order valence-corrected chi connectivity index (χ4v) is 5.13. The van der Waals surface area contributed by atoms with Crippen molar-refractivity contribution >= 4 is 32.5 Å². The van der Waals surface area contributed by atoms with Gasteiger partial charge in [0.15, 0.2) is 0 Å². The second-order valence-electron chi connectivity index (χ2n) is 7.70. The Morgan fingerprint density at radius 3 is 2.41 bits per heavy atom. The van der Waals surface area contributed by atoms with Gasteiger partial charge in [0.1, 0.15) is 0 Å². The van der Waals surface area contributed by atoms with E-state index in [1.54, 1.807) is 30.6 Å². The largest absolute Gasteiger partial charge is 0.321 e. The van der Waals surface area contributed by atoms with E-state index in [4.69, 9.17) is 11.6 Å². The zero-order chi connectivity index (χ0) is 22.9. The monoisotopic (exact) mass is 467 g/mol. The minimum absolute atomic E-state index is 0.0725. The van der Waals surface area contributed by atoms with E-state index in [-0.39, 0.29) is 23.5 Å². The molecule has 0 saturated heterocycles. The zero-order valence-electron chi connectivity index (χ0n) is 17.7. The smallest absolute Gasteiger partial charge is 0.252 e. The number of nitrogens with one attached hydrogen (secondary N) is 1. The van der Waals surface area contributed by atoms with Gasteiger partial charge in [0.25, 0.3) is 5.56 Å². The summed E-state index contributed by atoms with van der Waals surface area (Å²) in [6.07, 6.45) is 3.24. The Kier molecular flexibility index (Phi) is 6.15. The highest BCUT2D eigenvalue weighted by molar-refractivity contribution is 7.89. The minimum Gasteiger partial charge on any atom is -0.321 e. The van der Waals surface area contributed by atoms with Crippen LogP contribution >= 0.6 is 11.6 Å². The molecule has 0 radical (unpaired) electrons. The molecule has 4 rings (SSSR count). The predicted octanol–water partition coefficient (Wildman–Crippen LogP) is 4.58. The molecule has 2 aromatic heterocycles. The van der Waals surface area contributed by atoms with Gasteiger partial charge in [0.05, 0.1) is 10.4 Å². The molecule has 0 bridgehead atoms. The molecule has 0 aliphatic heterocycles. The Morgan fingerprint density at radius 1 is 1.00 bits per heavy atom. The Balaban J connectivity index is 1.80. The SMILES string of the molecule is Cc1ccc(C)c2[nH]c(=O)c(CN(Cc3cccnc3)S(=O)(=O)c3ccc(Cl)cc3)cc12. The topological polar surface area (TPSA) is 83.1 Å². The molecule has 0 aliphatic carbocycles. The first kappa shape index (κ1) is 22.2. The molecular weight excluding hydrogens is 446 g/mol. The van der Waals surface area contributed by atoms with Crippen LogP contribution in [-0.2, 0) is 23.1 Å². The van der Waals surface area contributed by atoms with Crippen LogP contribution in [0, 0.1) is 13.8 Å². The second kappa shape index (κ2) is 8.86. The Labute approximate surface area is 191 Å². The van der Waals surface area contributed by atoms with Gasteiger partial charge < -0.3 is 4.98 Å². The van der Waals surface area contributed by atoms with Crippen molar-refractivity contribution in [2.24, 2.45) is 0 Å². The lowest BCUT2D eigenvalue weighted by molar-refractivity contribution is 0.399. The van der Waals surface area contributed by atoms with Gasteiger partial charge in [-0.3, -0.25) is 9.78 Å². The van der Waals surface area contributed by atoms with Crippen LogP contribution in [0.25, 0.3) is 10.9 Å². The number of rotatable bonds is 6. The number of nitrogens with zero attached hydrogens (tertiary/aromatic N) is 2. The summed E-state index contributed by atoms with van der Waals surface area (Å²) in [5, 5.41) is 1.34. The van der Waals surface area contributed by atoms with Crippen molar-refractivity contribution in [3.8, 4) is 0 Å². The molecular formula is C24H22ClN3O3S. The summed E-state index contributed by atoms with van der Waals surface area (Å²) < 4.78 is 28.3. The van der Waals surface area contributed by atoms with Crippen molar-refractivity contribution in [2.45, 2.75) is 31.8 Å². The summed E-state index contributed by atoms with van der Waals surface area (Å²) in [6, 6.07) is 15.3. The van der Waals surface area contributed by atoms with Crippen LogP contribution in [0.3, 0.4) is 0 Å². The number of sulfonamides is 1. The van der Waals surface area contributed by atoms with Crippen molar-refractivity contribution in [2.75, 3.05) is 0 Å². The van der Waals surface area contributed by atoms with Crippen LogP contribution < -0.4 is 5.56 Å². The third kappa shape index (κ3) is 4.46. The number of aromatic nitrogens is 2. The maximum atomic E-state index is 13.5. The first-order chi connectivity index (χ1) is 15.3. The maximum absolute atomic E-state index is 13.5. The van der Waals surface area contributed by atoms with Crippen molar-refractivity contribution in [3.05, 3.63) is 105 Å². The van der Waals surface area contributed by atoms with Gasteiger partial charge >= 0.3 is 0 Å². The van der Waals surface area contributed by atoms with Gasteiger partial charge in [-0.2, -0.15) is 4.31 Å². The van der Waals surface area contributed by atoms with Crippen LogP contribution in [0.2, 0.25) is 5.02 Å². The highest BCUT2D eigenvalue weighted by atomic mass is 35.5. The average molecular weight is 468 g/mol. The number of pyridine rings is 2. The normalized spacial score (nSPS) is 11.9. The van der Waals surface area contributed by atoms with Gasteiger partial charge in [-0.05, 0) is 66.9 Å². The van der Waals surface area contributed by atoms with Gasteiger partial charge in [0, 0.05) is 41.5 Å². The number of aryl methyl sites for hydroxylation is 2. The van der Waals surface area contributed by atoms with Crippen molar-refractivity contribution in [1.82, 2.24) is 14.3 Å². The molecule has 0 saturated carbocycles. The first-order valence-corrected chi connectivity index (χ1v) is 11.8. The molecule has 0 spiro atoms. The summed E-state index contributed by atoms with van der Waals surface area (Å²) in [5.41, 5.74) is 3.49. The minimum atomic E-state index is -3.91. The highest BCUT2D eigenvalue weighted by Crippen LogP contribution is 2.24. The van der Waals surface area contributed by atoms with E-state index in [1.807, 2.05) is 26.0 Å². The number of fused-ring (bicyclic) bond motifs is 1. The molecule has 32 heavy (non-hydrogen) atoms. The molecule has 0 atom stereocenters. The lowest BCUT2D eigenvalue weighted by Gasteiger charge is -2.22. The predicted molar refractivity (Wildman–Crippen MR) is 126 cm³/mol. The van der Waals surface area contributed by atoms with E-state index in [2.05, 4.69) is 9.97 Å². The fraction of sp³-hybridized carbons (Fsp3) is 0.167.